The van der Waals surface area contributed by atoms with Crippen molar-refractivity contribution in [2.24, 2.45) is 5.92 Å². The Hall–Kier alpha value is -0.820. The number of nitrogens with zero attached hydrogens (tertiary/aromatic N) is 1. The van der Waals surface area contributed by atoms with Gasteiger partial charge in [-0.25, -0.2) is 8.42 Å². The average Bonchev–Trinajstić information content (AvgIpc) is 2.46. The minimum atomic E-state index is -3.76. The van der Waals surface area contributed by atoms with Gasteiger partial charge in [-0.1, -0.05) is 29.3 Å². The molecule has 0 atom stereocenters. The maximum Gasteiger partial charge on any atom is 0.246 e. The Bertz CT molecular complexity index is 664. The Morgan fingerprint density at radius 2 is 1.74 bits per heavy atom. The maximum atomic E-state index is 12.7. The second-order valence-electron chi connectivity index (χ2n) is 5.89. The van der Waals surface area contributed by atoms with E-state index in [2.05, 4.69) is 5.32 Å². The molecule has 1 amide bonds. The van der Waals surface area contributed by atoms with E-state index in [1.807, 2.05) is 13.8 Å². The lowest BCUT2D eigenvalue weighted by Gasteiger charge is -2.31. The number of carbonyl (C=O) groups is 1. The first-order chi connectivity index (χ1) is 10.7. The summed E-state index contributed by atoms with van der Waals surface area (Å²) in [5, 5.41) is 3.08. The van der Waals surface area contributed by atoms with E-state index >= 15 is 0 Å². The smallest absolute Gasteiger partial charge is 0.246 e. The number of amides is 1. The standard InChI is InChI=1S/C15H20Cl2N2O3S/c1-10(2)18-15(20)11-6-8-19(9-7-11)23(21,22)14-12(16)4-3-5-13(14)17/h3-5,10-11H,6-9H2,1-2H3,(H,18,20). The maximum absolute atomic E-state index is 12.7. The Morgan fingerprint density at radius 3 is 2.22 bits per heavy atom. The number of nitrogens with one attached hydrogen (secondary N) is 1. The number of rotatable bonds is 4. The molecule has 0 saturated carbocycles. The summed E-state index contributed by atoms with van der Waals surface area (Å²) in [4.78, 5) is 12.0. The summed E-state index contributed by atoms with van der Waals surface area (Å²) in [5.74, 6) is -0.182. The van der Waals surface area contributed by atoms with Crippen molar-refractivity contribution in [2.45, 2.75) is 37.6 Å². The van der Waals surface area contributed by atoms with E-state index in [-0.39, 0.29) is 45.9 Å². The van der Waals surface area contributed by atoms with Crippen molar-refractivity contribution < 1.29 is 13.2 Å². The van der Waals surface area contributed by atoms with Crippen LogP contribution < -0.4 is 5.32 Å². The molecule has 23 heavy (non-hydrogen) atoms. The van der Waals surface area contributed by atoms with Crippen molar-refractivity contribution >= 4 is 39.1 Å². The Kier molecular flexibility index (Phi) is 5.94. The van der Waals surface area contributed by atoms with Gasteiger partial charge in [-0.2, -0.15) is 4.31 Å². The van der Waals surface area contributed by atoms with Crippen LogP contribution in [0.4, 0.5) is 0 Å². The zero-order valence-electron chi connectivity index (χ0n) is 13.1. The van der Waals surface area contributed by atoms with Gasteiger partial charge in [-0.3, -0.25) is 4.79 Å². The van der Waals surface area contributed by atoms with Gasteiger partial charge in [0.05, 0.1) is 10.0 Å². The lowest BCUT2D eigenvalue weighted by molar-refractivity contribution is -0.126. The number of carbonyl (C=O) groups excluding carboxylic acids is 1. The zero-order valence-corrected chi connectivity index (χ0v) is 15.4. The molecule has 1 heterocycles. The van der Waals surface area contributed by atoms with Crippen molar-refractivity contribution in [3.63, 3.8) is 0 Å². The van der Waals surface area contributed by atoms with Gasteiger partial charge >= 0.3 is 0 Å². The largest absolute Gasteiger partial charge is 0.354 e. The third-order valence-electron chi connectivity index (χ3n) is 3.77. The summed E-state index contributed by atoms with van der Waals surface area (Å²) < 4.78 is 26.8. The summed E-state index contributed by atoms with van der Waals surface area (Å²) in [7, 11) is -3.76. The molecule has 1 saturated heterocycles. The van der Waals surface area contributed by atoms with Crippen LogP contribution in [0.2, 0.25) is 10.0 Å². The highest BCUT2D eigenvalue weighted by atomic mass is 35.5. The van der Waals surface area contributed by atoms with Gasteiger partial charge in [0.1, 0.15) is 4.90 Å². The van der Waals surface area contributed by atoms with Crippen LogP contribution in [0.15, 0.2) is 23.1 Å². The lowest BCUT2D eigenvalue weighted by Crippen LogP contribution is -2.44. The molecule has 0 bridgehead atoms. The van der Waals surface area contributed by atoms with Crippen molar-refractivity contribution in [3.8, 4) is 0 Å². The number of hydrogen-bond acceptors (Lipinski definition) is 3. The van der Waals surface area contributed by atoms with Gasteiger partial charge in [0.2, 0.25) is 15.9 Å². The third-order valence-corrected chi connectivity index (χ3v) is 6.63. The van der Waals surface area contributed by atoms with Crippen LogP contribution in [-0.4, -0.2) is 37.8 Å². The summed E-state index contributed by atoms with van der Waals surface area (Å²) in [6.07, 6.45) is 0.972. The van der Waals surface area contributed by atoms with Crippen LogP contribution in [0, 0.1) is 5.92 Å². The van der Waals surface area contributed by atoms with E-state index in [4.69, 9.17) is 23.2 Å². The molecule has 0 aliphatic carbocycles. The van der Waals surface area contributed by atoms with Crippen molar-refractivity contribution in [3.05, 3.63) is 28.2 Å². The first-order valence-electron chi connectivity index (χ1n) is 7.48. The topological polar surface area (TPSA) is 66.5 Å². The van der Waals surface area contributed by atoms with Crippen LogP contribution in [0.1, 0.15) is 26.7 Å². The molecule has 0 unspecified atom stereocenters. The SMILES string of the molecule is CC(C)NC(=O)C1CCN(S(=O)(=O)c2c(Cl)cccc2Cl)CC1. The minimum absolute atomic E-state index is 0.0205. The highest BCUT2D eigenvalue weighted by molar-refractivity contribution is 7.89. The molecular formula is C15H20Cl2N2O3S. The van der Waals surface area contributed by atoms with Crippen LogP contribution >= 0.6 is 23.2 Å². The summed E-state index contributed by atoms with van der Waals surface area (Å²) in [6, 6.07) is 4.68. The van der Waals surface area contributed by atoms with Gasteiger partial charge in [0.15, 0.2) is 0 Å². The van der Waals surface area contributed by atoms with Crippen molar-refractivity contribution in [2.75, 3.05) is 13.1 Å². The van der Waals surface area contributed by atoms with E-state index in [9.17, 15) is 13.2 Å². The minimum Gasteiger partial charge on any atom is -0.354 e. The fourth-order valence-corrected chi connectivity index (χ4v) is 5.18. The van der Waals surface area contributed by atoms with Crippen LogP contribution in [0.25, 0.3) is 0 Å². The molecule has 1 aromatic carbocycles. The molecule has 0 radical (unpaired) electrons. The zero-order chi connectivity index (χ0) is 17.2. The second-order valence-corrected chi connectivity index (χ2v) is 8.58. The van der Waals surface area contributed by atoms with Crippen molar-refractivity contribution in [1.82, 2.24) is 9.62 Å². The van der Waals surface area contributed by atoms with Gasteiger partial charge in [0, 0.05) is 25.0 Å². The van der Waals surface area contributed by atoms with Gasteiger partial charge in [0.25, 0.3) is 0 Å². The third kappa shape index (κ3) is 4.18. The average molecular weight is 379 g/mol. The molecule has 1 aromatic rings. The molecule has 1 fully saturated rings. The molecule has 5 nitrogen and oxygen atoms in total. The second kappa shape index (κ2) is 7.38. The first kappa shape index (κ1) is 18.5. The Labute approximate surface area is 147 Å². The molecule has 0 aromatic heterocycles. The van der Waals surface area contributed by atoms with E-state index in [0.717, 1.165) is 0 Å². The fourth-order valence-electron chi connectivity index (χ4n) is 2.62. The Balaban J connectivity index is 2.12. The fraction of sp³-hybridized carbons (Fsp3) is 0.533. The van der Waals surface area contributed by atoms with Crippen LogP contribution in [0.5, 0.6) is 0 Å². The molecule has 8 heteroatoms. The molecule has 1 N–H and O–H groups in total. The van der Waals surface area contributed by atoms with E-state index in [0.29, 0.717) is 12.8 Å². The quantitative estimate of drug-likeness (QED) is 0.875. The predicted molar refractivity (Wildman–Crippen MR) is 91.2 cm³/mol. The summed E-state index contributed by atoms with van der Waals surface area (Å²) >= 11 is 12.0. The first-order valence-corrected chi connectivity index (χ1v) is 9.67. The summed E-state index contributed by atoms with van der Waals surface area (Å²) in [5.41, 5.74) is 0. The number of hydrogen-bond donors (Lipinski definition) is 1. The van der Waals surface area contributed by atoms with Gasteiger partial charge in [-0.05, 0) is 38.8 Å². The number of piperidine rings is 1. The lowest BCUT2D eigenvalue weighted by atomic mass is 9.97. The monoisotopic (exact) mass is 378 g/mol. The van der Waals surface area contributed by atoms with Crippen LogP contribution in [-0.2, 0) is 14.8 Å². The van der Waals surface area contributed by atoms with Gasteiger partial charge in [-0.15, -0.1) is 0 Å². The number of sulfonamides is 1. The molecule has 1 aliphatic rings. The predicted octanol–water partition coefficient (Wildman–Crippen LogP) is 2.92. The molecule has 1 aliphatic heterocycles. The van der Waals surface area contributed by atoms with E-state index in [1.54, 1.807) is 6.07 Å². The molecule has 128 valence electrons. The van der Waals surface area contributed by atoms with Gasteiger partial charge < -0.3 is 5.32 Å². The van der Waals surface area contributed by atoms with E-state index in [1.165, 1.54) is 16.4 Å². The molecular weight excluding hydrogens is 359 g/mol. The Morgan fingerprint density at radius 1 is 1.22 bits per heavy atom. The van der Waals surface area contributed by atoms with Crippen molar-refractivity contribution in [1.29, 1.82) is 0 Å². The highest BCUT2D eigenvalue weighted by Crippen LogP contribution is 2.33. The van der Waals surface area contributed by atoms with E-state index < -0.39 is 10.0 Å². The number of benzene rings is 1. The van der Waals surface area contributed by atoms with Crippen LogP contribution in [0.3, 0.4) is 0 Å². The molecule has 0 spiro atoms. The normalized spacial score (nSPS) is 17.4. The summed E-state index contributed by atoms with van der Waals surface area (Å²) in [6.45, 7) is 4.36. The number of halogens is 2. The highest BCUT2D eigenvalue weighted by Gasteiger charge is 2.34. The molecule has 2 rings (SSSR count).